The highest BCUT2D eigenvalue weighted by molar-refractivity contribution is 8.01. The molecule has 6 aromatic carbocycles. The first-order chi connectivity index (χ1) is 24.9. The lowest BCUT2D eigenvalue weighted by atomic mass is 10.3. The van der Waals surface area contributed by atoms with Crippen molar-refractivity contribution in [2.45, 2.75) is 20.8 Å². The number of nitrogens with one attached hydrogen (secondary N) is 2. The van der Waals surface area contributed by atoms with Gasteiger partial charge in [-0.05, 0) is 123 Å². The van der Waals surface area contributed by atoms with E-state index in [0.29, 0.717) is 24.1 Å². The molecular formula is C43H42N2O4PS+. The smallest absolute Gasteiger partial charge is 0.308 e. The fourth-order valence-corrected chi connectivity index (χ4v) is 10.3. The predicted molar refractivity (Wildman–Crippen MR) is 218 cm³/mol. The summed E-state index contributed by atoms with van der Waals surface area (Å²) in [6, 6.07) is 54.9. The molecule has 0 saturated carbocycles. The Balaban J connectivity index is 0.000000206. The molecule has 258 valence electrons. The maximum Gasteiger partial charge on any atom is 0.308 e. The first-order valence-corrected chi connectivity index (χ1v) is 19.0. The van der Waals surface area contributed by atoms with Crippen molar-refractivity contribution >= 4 is 63.2 Å². The van der Waals surface area contributed by atoms with Gasteiger partial charge in [0.15, 0.2) is 16.2 Å². The number of thiocarbonyl (C=S) groups is 1. The van der Waals surface area contributed by atoms with E-state index < -0.39 is 7.26 Å². The van der Waals surface area contributed by atoms with Crippen LogP contribution in [0.4, 0.5) is 11.4 Å². The Labute approximate surface area is 306 Å². The van der Waals surface area contributed by atoms with Crippen molar-refractivity contribution in [3.05, 3.63) is 164 Å². The number of hydrogen-bond donors (Lipinski definition) is 2. The zero-order valence-electron chi connectivity index (χ0n) is 29.0. The molecule has 51 heavy (non-hydrogen) atoms. The highest BCUT2D eigenvalue weighted by Gasteiger charge is 2.49. The van der Waals surface area contributed by atoms with Gasteiger partial charge < -0.3 is 24.8 Å². The zero-order valence-corrected chi connectivity index (χ0v) is 30.7. The third kappa shape index (κ3) is 9.61. The Morgan fingerprint density at radius 1 is 0.549 bits per heavy atom. The average Bonchev–Trinajstić information content (AvgIpc) is 3.16. The molecule has 0 saturated heterocycles. The molecule has 8 heteroatoms. The van der Waals surface area contributed by atoms with Crippen LogP contribution in [0.15, 0.2) is 164 Å². The van der Waals surface area contributed by atoms with Crippen molar-refractivity contribution in [2.75, 3.05) is 23.8 Å². The van der Waals surface area contributed by atoms with Crippen molar-refractivity contribution in [1.82, 2.24) is 0 Å². The highest BCUT2D eigenvalue weighted by Crippen LogP contribution is 2.56. The minimum atomic E-state index is -2.28. The van der Waals surface area contributed by atoms with Gasteiger partial charge in [-0.2, -0.15) is 0 Å². The van der Waals surface area contributed by atoms with E-state index >= 15 is 0 Å². The van der Waals surface area contributed by atoms with Crippen LogP contribution in [0.2, 0.25) is 0 Å². The fourth-order valence-electron chi connectivity index (χ4n) is 5.69. The van der Waals surface area contributed by atoms with E-state index in [1.54, 1.807) is 0 Å². The molecule has 0 bridgehead atoms. The molecule has 0 aromatic heterocycles. The van der Waals surface area contributed by atoms with Crippen molar-refractivity contribution in [2.24, 2.45) is 0 Å². The summed E-state index contributed by atoms with van der Waals surface area (Å²) in [5.41, 5.74) is 1.82. The van der Waals surface area contributed by atoms with Crippen molar-refractivity contribution in [3.63, 3.8) is 0 Å². The number of rotatable bonds is 11. The van der Waals surface area contributed by atoms with Gasteiger partial charge in [0.05, 0.1) is 13.2 Å². The fraction of sp³-hybridized carbons (Fsp3) is 0.116. The monoisotopic (exact) mass is 713 g/mol. The average molecular weight is 714 g/mol. The second-order valence-corrected chi connectivity index (χ2v) is 15.0. The number of benzene rings is 6. The van der Waals surface area contributed by atoms with E-state index in [9.17, 15) is 4.79 Å². The Hall–Kier alpha value is -5.49. The van der Waals surface area contributed by atoms with Gasteiger partial charge in [0.2, 0.25) is 0 Å². The highest BCUT2D eigenvalue weighted by atomic mass is 32.1. The molecule has 6 nitrogen and oxygen atoms in total. The van der Waals surface area contributed by atoms with Gasteiger partial charge in [-0.15, -0.1) is 0 Å². The quantitative estimate of drug-likeness (QED) is 0.0604. The molecule has 0 heterocycles. The molecule has 6 rings (SSSR count). The molecule has 0 atom stereocenters. The minimum absolute atomic E-state index is 0.315. The summed E-state index contributed by atoms with van der Waals surface area (Å²) in [5, 5.41) is 11.5. The van der Waals surface area contributed by atoms with Gasteiger partial charge in [0.1, 0.15) is 34.7 Å². The molecular weight excluding hydrogens is 672 g/mol. The van der Waals surface area contributed by atoms with Crippen LogP contribution in [-0.4, -0.2) is 24.3 Å². The van der Waals surface area contributed by atoms with Crippen molar-refractivity contribution in [1.29, 1.82) is 0 Å². The molecule has 0 fully saturated rings. The lowest BCUT2D eigenvalue weighted by Gasteiger charge is -2.28. The molecule has 0 unspecified atom stereocenters. The third-order valence-electron chi connectivity index (χ3n) is 7.76. The second kappa shape index (κ2) is 18.5. The maximum absolute atomic E-state index is 11.9. The van der Waals surface area contributed by atoms with Gasteiger partial charge in [0.25, 0.3) is 0 Å². The van der Waals surface area contributed by atoms with Gasteiger partial charge in [-0.1, -0.05) is 66.7 Å². The number of esters is 1. The van der Waals surface area contributed by atoms with Crippen LogP contribution in [0.3, 0.4) is 0 Å². The van der Waals surface area contributed by atoms with Crippen LogP contribution < -0.4 is 46.1 Å². The van der Waals surface area contributed by atoms with Crippen LogP contribution in [-0.2, 0) is 4.79 Å². The molecule has 2 N–H and O–H groups in total. The molecule has 0 amide bonds. The Bertz CT molecular complexity index is 1830. The summed E-state index contributed by atoms with van der Waals surface area (Å²) in [6.07, 6.45) is 0. The van der Waals surface area contributed by atoms with Crippen molar-refractivity contribution < 1.29 is 19.0 Å². The van der Waals surface area contributed by atoms with Crippen LogP contribution in [0.1, 0.15) is 20.8 Å². The lowest BCUT2D eigenvalue weighted by molar-refractivity contribution is -0.131. The third-order valence-corrected chi connectivity index (χ3v) is 12.3. The van der Waals surface area contributed by atoms with E-state index in [1.807, 2.05) is 98.8 Å². The summed E-state index contributed by atoms with van der Waals surface area (Å²) in [5.74, 6) is 1.99. The largest absolute Gasteiger partial charge is 0.494 e. The first kappa shape index (κ1) is 36.8. The Kier molecular flexibility index (Phi) is 13.3. The summed E-state index contributed by atoms with van der Waals surface area (Å²) in [4.78, 5) is 11.9. The van der Waals surface area contributed by atoms with E-state index in [0.717, 1.165) is 28.2 Å². The molecule has 0 radical (unpaired) electrons. The Morgan fingerprint density at radius 3 is 1.29 bits per heavy atom. The summed E-state index contributed by atoms with van der Waals surface area (Å²) < 4.78 is 16.5. The standard InChI is InChI=1S/C26H22O2P.C17H20N2O2S/c1-21(27)28-25-19-11-12-20-26(25)29(22-13-5-2-6-14-22,23-15-7-3-8-16-23)24-17-9-4-10-18-24;1-3-20-15-9-5-13(6-10-15)18-17(22)19-14-7-11-16(12-8-14)21-4-2/h2-20H,1H3;5-12H,3-4H2,1-2H3,(H2,18,19,22)/q+1;. The van der Waals surface area contributed by atoms with E-state index in [1.165, 1.54) is 22.8 Å². The molecule has 0 spiro atoms. The summed E-state index contributed by atoms with van der Waals surface area (Å²) in [6.45, 7) is 6.68. The van der Waals surface area contributed by atoms with E-state index in [2.05, 4.69) is 89.5 Å². The number of carbonyl (C=O) groups is 1. The minimum Gasteiger partial charge on any atom is -0.494 e. The van der Waals surface area contributed by atoms with Gasteiger partial charge in [-0.25, -0.2) is 0 Å². The molecule has 6 aromatic rings. The predicted octanol–water partition coefficient (Wildman–Crippen LogP) is 8.52. The number of ether oxygens (including phenoxy) is 3. The molecule has 0 aliphatic rings. The van der Waals surface area contributed by atoms with Gasteiger partial charge in [-0.3, -0.25) is 4.79 Å². The molecule has 0 aliphatic heterocycles. The summed E-state index contributed by atoms with van der Waals surface area (Å²) in [7, 11) is -2.28. The number of para-hydroxylation sites is 1. The van der Waals surface area contributed by atoms with E-state index in [4.69, 9.17) is 26.4 Å². The van der Waals surface area contributed by atoms with Gasteiger partial charge in [0, 0.05) is 18.3 Å². The van der Waals surface area contributed by atoms with Crippen LogP contribution >= 0.6 is 19.5 Å². The summed E-state index contributed by atoms with van der Waals surface area (Å²) >= 11 is 5.30. The Morgan fingerprint density at radius 2 is 0.922 bits per heavy atom. The molecule has 0 aliphatic carbocycles. The zero-order chi connectivity index (χ0) is 35.9. The van der Waals surface area contributed by atoms with Crippen LogP contribution in [0.25, 0.3) is 0 Å². The van der Waals surface area contributed by atoms with Crippen molar-refractivity contribution in [3.8, 4) is 17.2 Å². The topological polar surface area (TPSA) is 68.8 Å². The lowest BCUT2D eigenvalue weighted by Crippen LogP contribution is -2.39. The second-order valence-electron chi connectivity index (χ2n) is 11.2. The maximum atomic E-state index is 11.9. The van der Waals surface area contributed by atoms with Crippen LogP contribution in [0.5, 0.6) is 17.2 Å². The SMILES string of the molecule is CC(=O)Oc1ccccc1[P+](c1ccccc1)(c1ccccc1)c1ccccc1.CCOc1ccc(NC(=S)Nc2ccc(OCC)cc2)cc1. The first-order valence-electron chi connectivity index (χ1n) is 16.8. The van der Waals surface area contributed by atoms with Gasteiger partial charge >= 0.3 is 5.97 Å². The number of anilines is 2. The number of carbonyl (C=O) groups excluding carboxylic acids is 1. The normalized spacial score (nSPS) is 10.6. The van der Waals surface area contributed by atoms with Crippen LogP contribution in [0, 0.1) is 0 Å². The number of hydrogen-bond acceptors (Lipinski definition) is 5. The van der Waals surface area contributed by atoms with E-state index in [-0.39, 0.29) is 5.97 Å².